The molecule has 0 bridgehead atoms. The van der Waals surface area contributed by atoms with Gasteiger partial charge in [-0.25, -0.2) is 9.38 Å². The molecule has 1 aromatic carbocycles. The van der Waals surface area contributed by atoms with Crippen molar-refractivity contribution in [1.82, 2.24) is 4.90 Å². The van der Waals surface area contributed by atoms with Crippen LogP contribution < -0.4 is 0 Å². The Labute approximate surface area is 129 Å². The van der Waals surface area contributed by atoms with E-state index in [-0.39, 0.29) is 18.1 Å². The van der Waals surface area contributed by atoms with E-state index in [9.17, 15) is 9.18 Å². The normalized spacial score (nSPS) is 17.0. The monoisotopic (exact) mass is 308 g/mol. The molecule has 1 aliphatic rings. The maximum absolute atomic E-state index is 12.9. The summed E-state index contributed by atoms with van der Waals surface area (Å²) in [5, 5.41) is 0. The summed E-state index contributed by atoms with van der Waals surface area (Å²) in [7, 11) is 3.59. The van der Waals surface area contributed by atoms with Crippen molar-refractivity contribution in [3.8, 4) is 0 Å². The van der Waals surface area contributed by atoms with Crippen LogP contribution in [0.3, 0.4) is 0 Å². The lowest BCUT2D eigenvalue weighted by Gasteiger charge is -2.26. The van der Waals surface area contributed by atoms with E-state index in [2.05, 4.69) is 4.99 Å². The van der Waals surface area contributed by atoms with Crippen molar-refractivity contribution in [3.05, 3.63) is 35.6 Å². The van der Waals surface area contributed by atoms with Crippen LogP contribution in [-0.4, -0.2) is 50.2 Å². The maximum Gasteiger partial charge on any atom is 0.252 e. The van der Waals surface area contributed by atoms with Crippen molar-refractivity contribution in [1.29, 1.82) is 0 Å². The third-order valence-corrected chi connectivity index (χ3v) is 3.37. The molecule has 0 spiro atoms. The van der Waals surface area contributed by atoms with Gasteiger partial charge in [0.25, 0.3) is 5.91 Å². The molecule has 6 heteroatoms. The Bertz CT molecular complexity index is 523. The molecule has 0 atom stereocenters. The summed E-state index contributed by atoms with van der Waals surface area (Å²) in [5.74, 6) is -1.47. The largest absolute Gasteiger partial charge is 0.369 e. The lowest BCUT2D eigenvalue weighted by atomic mass is 10.0. The zero-order valence-electron chi connectivity index (χ0n) is 12.9. The van der Waals surface area contributed by atoms with Crippen LogP contribution in [-0.2, 0) is 20.7 Å². The maximum atomic E-state index is 12.9. The highest BCUT2D eigenvalue weighted by Gasteiger charge is 2.38. The quantitative estimate of drug-likeness (QED) is 0.596. The Kier molecular flexibility index (Phi) is 5.63. The molecule has 0 radical (unpaired) electrons. The average Bonchev–Trinajstić information content (AvgIpc) is 2.93. The smallest absolute Gasteiger partial charge is 0.252 e. The molecule has 1 aromatic rings. The van der Waals surface area contributed by atoms with E-state index in [0.717, 1.165) is 5.56 Å². The Balaban J connectivity index is 1.96. The molecule has 0 N–H and O–H groups in total. The molecule has 1 saturated heterocycles. The second-order valence-electron chi connectivity index (χ2n) is 5.51. The minimum atomic E-state index is -0.922. The van der Waals surface area contributed by atoms with Crippen LogP contribution in [0.2, 0.25) is 0 Å². The Morgan fingerprint density at radius 1 is 1.32 bits per heavy atom. The fraction of sp³-hybridized carbons (Fsp3) is 0.500. The molecule has 1 heterocycles. The number of carbonyl (C=O) groups excluding carboxylic acids is 1. The van der Waals surface area contributed by atoms with Crippen LogP contribution in [0.25, 0.3) is 0 Å². The van der Waals surface area contributed by atoms with Crippen LogP contribution in [0.4, 0.5) is 4.39 Å². The second kappa shape index (κ2) is 7.47. The van der Waals surface area contributed by atoms with E-state index >= 15 is 0 Å². The first kappa shape index (κ1) is 16.6. The van der Waals surface area contributed by atoms with Gasteiger partial charge < -0.3 is 14.4 Å². The van der Waals surface area contributed by atoms with Crippen molar-refractivity contribution in [2.45, 2.75) is 25.0 Å². The van der Waals surface area contributed by atoms with E-state index in [1.807, 2.05) is 0 Å². The van der Waals surface area contributed by atoms with Gasteiger partial charge in [0.15, 0.2) is 5.79 Å². The molecule has 1 amide bonds. The Morgan fingerprint density at radius 2 is 1.95 bits per heavy atom. The zero-order valence-corrected chi connectivity index (χ0v) is 12.9. The number of nitrogens with zero attached hydrogens (tertiary/aromatic N) is 2. The third kappa shape index (κ3) is 4.89. The zero-order chi connectivity index (χ0) is 16.0. The summed E-state index contributed by atoms with van der Waals surface area (Å²) in [5.41, 5.74) is 0.976. The first-order valence-corrected chi connectivity index (χ1v) is 7.25. The number of aliphatic imine (C=N–C) groups is 1. The molecular weight excluding hydrogens is 287 g/mol. The number of benzene rings is 1. The van der Waals surface area contributed by atoms with Crippen molar-refractivity contribution in [3.63, 3.8) is 0 Å². The summed E-state index contributed by atoms with van der Waals surface area (Å²) < 4.78 is 24.2. The first-order chi connectivity index (χ1) is 10.5. The van der Waals surface area contributed by atoms with E-state index in [0.29, 0.717) is 26.1 Å². The molecule has 2 rings (SSSR count). The second-order valence-corrected chi connectivity index (χ2v) is 5.51. The molecule has 0 saturated carbocycles. The van der Waals surface area contributed by atoms with Gasteiger partial charge in [0.2, 0.25) is 0 Å². The van der Waals surface area contributed by atoms with Crippen molar-refractivity contribution in [2.75, 3.05) is 27.3 Å². The summed E-state index contributed by atoms with van der Waals surface area (Å²) in [6.45, 7) is 0.933. The summed E-state index contributed by atoms with van der Waals surface area (Å²) >= 11 is 0. The van der Waals surface area contributed by atoms with Crippen LogP contribution in [0.5, 0.6) is 0 Å². The fourth-order valence-electron chi connectivity index (χ4n) is 2.27. The molecule has 0 unspecified atom stereocenters. The number of ether oxygens (including phenoxy) is 2. The number of hydrogen-bond acceptors (Lipinski definition) is 3. The lowest BCUT2D eigenvalue weighted by molar-refractivity contribution is -0.171. The number of carbonyl (C=O) groups is 1. The highest BCUT2D eigenvalue weighted by Crippen LogP contribution is 2.29. The average molecular weight is 308 g/mol. The van der Waals surface area contributed by atoms with Gasteiger partial charge in [-0.3, -0.25) is 4.79 Å². The number of hydrogen-bond donors (Lipinski definition) is 0. The Hall–Kier alpha value is -1.79. The SMILES string of the molecule is CN(C)C=NC(=O)CC1(CCc2ccc(F)cc2)OCCO1. The molecule has 120 valence electrons. The van der Waals surface area contributed by atoms with Gasteiger partial charge in [-0.05, 0) is 24.1 Å². The highest BCUT2D eigenvalue weighted by molar-refractivity contribution is 5.84. The number of amides is 1. The summed E-state index contributed by atoms with van der Waals surface area (Å²) in [4.78, 5) is 17.5. The Morgan fingerprint density at radius 3 is 2.55 bits per heavy atom. The van der Waals surface area contributed by atoms with Gasteiger partial charge in [-0.15, -0.1) is 0 Å². The highest BCUT2D eigenvalue weighted by atomic mass is 19.1. The molecule has 1 fully saturated rings. The van der Waals surface area contributed by atoms with E-state index in [1.54, 1.807) is 31.1 Å². The number of rotatable bonds is 6. The van der Waals surface area contributed by atoms with Crippen molar-refractivity contribution in [2.24, 2.45) is 4.99 Å². The van der Waals surface area contributed by atoms with Gasteiger partial charge >= 0.3 is 0 Å². The van der Waals surface area contributed by atoms with Crippen molar-refractivity contribution < 1.29 is 18.7 Å². The van der Waals surface area contributed by atoms with E-state index in [1.165, 1.54) is 18.5 Å². The fourth-order valence-corrected chi connectivity index (χ4v) is 2.27. The van der Waals surface area contributed by atoms with Gasteiger partial charge in [0, 0.05) is 20.5 Å². The first-order valence-electron chi connectivity index (χ1n) is 7.25. The van der Waals surface area contributed by atoms with Crippen LogP contribution >= 0.6 is 0 Å². The van der Waals surface area contributed by atoms with Crippen molar-refractivity contribution >= 4 is 12.2 Å². The number of halogens is 1. The topological polar surface area (TPSA) is 51.1 Å². The molecular formula is C16H21FN2O3. The predicted octanol–water partition coefficient (Wildman–Crippen LogP) is 2.01. The van der Waals surface area contributed by atoms with E-state index < -0.39 is 5.79 Å². The molecule has 0 aliphatic carbocycles. The third-order valence-electron chi connectivity index (χ3n) is 3.37. The summed E-state index contributed by atoms with van der Waals surface area (Å²) in [6, 6.07) is 6.30. The van der Waals surface area contributed by atoms with Crippen LogP contribution in [0.15, 0.2) is 29.3 Å². The number of aryl methyl sites for hydroxylation is 1. The predicted molar refractivity (Wildman–Crippen MR) is 81.2 cm³/mol. The van der Waals surface area contributed by atoms with Gasteiger partial charge in [0.05, 0.1) is 26.0 Å². The van der Waals surface area contributed by atoms with Crippen LogP contribution in [0.1, 0.15) is 18.4 Å². The molecule has 5 nitrogen and oxygen atoms in total. The van der Waals surface area contributed by atoms with Gasteiger partial charge in [-0.2, -0.15) is 0 Å². The summed E-state index contributed by atoms with van der Waals surface area (Å²) in [6.07, 6.45) is 2.72. The van der Waals surface area contributed by atoms with Gasteiger partial charge in [0.1, 0.15) is 5.82 Å². The van der Waals surface area contributed by atoms with Crippen LogP contribution in [0, 0.1) is 5.82 Å². The van der Waals surface area contributed by atoms with Gasteiger partial charge in [-0.1, -0.05) is 12.1 Å². The molecule has 22 heavy (non-hydrogen) atoms. The molecule has 0 aromatic heterocycles. The standard InChI is InChI=1S/C16H21FN2O3/c1-19(2)12-18-15(20)11-16(21-9-10-22-16)8-7-13-3-5-14(17)6-4-13/h3-6,12H,7-11H2,1-2H3. The minimum absolute atomic E-state index is 0.0819. The molecule has 1 aliphatic heterocycles. The minimum Gasteiger partial charge on any atom is -0.369 e. The van der Waals surface area contributed by atoms with E-state index in [4.69, 9.17) is 9.47 Å². The lowest BCUT2D eigenvalue weighted by Crippen LogP contribution is -2.33.